The first-order valence-electron chi connectivity index (χ1n) is 6.26. The minimum absolute atomic E-state index is 0.167. The summed E-state index contributed by atoms with van der Waals surface area (Å²) in [4.78, 5) is 20.3. The number of hydrogen-bond donors (Lipinski definition) is 1. The molecular weight excluding hydrogens is 308 g/mol. The number of amides is 1. The number of thiazole rings is 1. The molecule has 0 spiro atoms. The van der Waals surface area contributed by atoms with Gasteiger partial charge in [0.1, 0.15) is 10.7 Å². The number of halogens is 2. The van der Waals surface area contributed by atoms with Gasteiger partial charge in [0, 0.05) is 35.1 Å². The van der Waals surface area contributed by atoms with Crippen LogP contribution >= 0.6 is 11.3 Å². The van der Waals surface area contributed by atoms with Crippen LogP contribution in [-0.4, -0.2) is 15.9 Å². The first kappa shape index (κ1) is 14.3. The summed E-state index contributed by atoms with van der Waals surface area (Å²) in [6, 6.07) is 6.76. The number of carbonyl (C=O) groups excluding carboxylic acids is 1. The van der Waals surface area contributed by atoms with Gasteiger partial charge in [0.15, 0.2) is 11.6 Å². The number of hydrogen-bond acceptors (Lipinski definition) is 4. The van der Waals surface area contributed by atoms with Crippen LogP contribution in [0.2, 0.25) is 0 Å². The molecule has 2 heterocycles. The summed E-state index contributed by atoms with van der Waals surface area (Å²) >= 11 is 1.30. The molecule has 7 heteroatoms. The van der Waals surface area contributed by atoms with Gasteiger partial charge in [-0.1, -0.05) is 0 Å². The van der Waals surface area contributed by atoms with Gasteiger partial charge >= 0.3 is 0 Å². The molecule has 0 aliphatic heterocycles. The Morgan fingerprint density at radius 3 is 2.77 bits per heavy atom. The van der Waals surface area contributed by atoms with Crippen molar-refractivity contribution in [3.63, 3.8) is 0 Å². The average Bonchev–Trinajstić information content (AvgIpc) is 3.02. The average molecular weight is 317 g/mol. The molecule has 0 radical (unpaired) electrons. The smallest absolute Gasteiger partial charge is 0.275 e. The van der Waals surface area contributed by atoms with Gasteiger partial charge in [-0.05, 0) is 24.3 Å². The molecule has 1 aromatic carbocycles. The molecule has 0 aliphatic carbocycles. The monoisotopic (exact) mass is 317 g/mol. The van der Waals surface area contributed by atoms with E-state index >= 15 is 0 Å². The van der Waals surface area contributed by atoms with Gasteiger partial charge in [-0.15, -0.1) is 11.3 Å². The zero-order valence-electron chi connectivity index (χ0n) is 11.1. The normalized spacial score (nSPS) is 10.5. The molecule has 3 rings (SSSR count). The molecule has 0 saturated carbocycles. The third-order valence-corrected chi connectivity index (χ3v) is 3.71. The van der Waals surface area contributed by atoms with Crippen LogP contribution in [0.15, 0.2) is 48.1 Å². The van der Waals surface area contributed by atoms with E-state index in [-0.39, 0.29) is 11.4 Å². The number of aromatic nitrogens is 2. The van der Waals surface area contributed by atoms with Crippen LogP contribution in [0.5, 0.6) is 0 Å². The summed E-state index contributed by atoms with van der Waals surface area (Å²) in [5, 5.41) is 4.72. The first-order valence-corrected chi connectivity index (χ1v) is 7.14. The number of pyridine rings is 1. The Morgan fingerprint density at radius 1 is 1.18 bits per heavy atom. The summed E-state index contributed by atoms with van der Waals surface area (Å²) < 4.78 is 26.0. The number of carbonyl (C=O) groups is 1. The highest BCUT2D eigenvalue weighted by Gasteiger charge is 2.13. The second kappa shape index (κ2) is 5.98. The molecule has 0 aliphatic rings. The van der Waals surface area contributed by atoms with Crippen molar-refractivity contribution in [3.8, 4) is 10.6 Å². The Kier molecular flexibility index (Phi) is 3.88. The Morgan fingerprint density at radius 2 is 2.05 bits per heavy atom. The van der Waals surface area contributed by atoms with Crippen molar-refractivity contribution in [1.29, 1.82) is 0 Å². The number of benzene rings is 1. The lowest BCUT2D eigenvalue weighted by molar-refractivity contribution is 0.102. The van der Waals surface area contributed by atoms with Gasteiger partial charge in [0.25, 0.3) is 5.91 Å². The number of nitrogens with zero attached hydrogens (tertiary/aromatic N) is 2. The van der Waals surface area contributed by atoms with Gasteiger partial charge in [-0.3, -0.25) is 9.78 Å². The van der Waals surface area contributed by atoms with Crippen LogP contribution < -0.4 is 5.32 Å². The Balaban J connectivity index is 1.78. The Hall–Kier alpha value is -2.67. The topological polar surface area (TPSA) is 54.9 Å². The molecule has 3 aromatic rings. The van der Waals surface area contributed by atoms with Crippen molar-refractivity contribution >= 4 is 22.9 Å². The van der Waals surface area contributed by atoms with Crippen LogP contribution in [-0.2, 0) is 0 Å². The summed E-state index contributed by atoms with van der Waals surface area (Å²) in [6.45, 7) is 0. The highest BCUT2D eigenvalue weighted by molar-refractivity contribution is 7.13. The second-order valence-electron chi connectivity index (χ2n) is 4.36. The van der Waals surface area contributed by atoms with Crippen LogP contribution in [0.3, 0.4) is 0 Å². The van der Waals surface area contributed by atoms with E-state index in [1.54, 1.807) is 23.8 Å². The van der Waals surface area contributed by atoms with Crippen molar-refractivity contribution in [1.82, 2.24) is 9.97 Å². The zero-order valence-corrected chi connectivity index (χ0v) is 11.9. The van der Waals surface area contributed by atoms with Gasteiger partial charge in [-0.25, -0.2) is 13.8 Å². The summed E-state index contributed by atoms with van der Waals surface area (Å²) in [5.74, 6) is -2.48. The Bertz CT molecular complexity index is 821. The summed E-state index contributed by atoms with van der Waals surface area (Å²) in [6.07, 6.45) is 3.30. The highest BCUT2D eigenvalue weighted by Crippen LogP contribution is 2.23. The second-order valence-corrected chi connectivity index (χ2v) is 5.22. The standard InChI is InChI=1S/C15H9F2N3OS/c16-11-4-3-10(6-12(11)17)19-14(21)13-8-22-15(20-13)9-2-1-5-18-7-9/h1-8H,(H,19,21). The first-order chi connectivity index (χ1) is 10.6. The predicted octanol–water partition coefficient (Wildman–Crippen LogP) is 3.74. The van der Waals surface area contributed by atoms with E-state index in [4.69, 9.17) is 0 Å². The molecule has 4 nitrogen and oxygen atoms in total. The SMILES string of the molecule is O=C(Nc1ccc(F)c(F)c1)c1csc(-c2cccnc2)n1. The fourth-order valence-corrected chi connectivity index (χ4v) is 2.56. The lowest BCUT2D eigenvalue weighted by atomic mass is 10.3. The van der Waals surface area contributed by atoms with Crippen molar-refractivity contribution < 1.29 is 13.6 Å². The van der Waals surface area contributed by atoms with Gasteiger partial charge in [0.2, 0.25) is 0 Å². The van der Waals surface area contributed by atoms with E-state index in [9.17, 15) is 13.6 Å². The van der Waals surface area contributed by atoms with E-state index in [0.717, 1.165) is 17.7 Å². The molecule has 1 amide bonds. The molecular formula is C15H9F2N3OS. The van der Waals surface area contributed by atoms with E-state index in [0.29, 0.717) is 5.01 Å². The van der Waals surface area contributed by atoms with Crippen LogP contribution in [0.4, 0.5) is 14.5 Å². The number of anilines is 1. The van der Waals surface area contributed by atoms with E-state index in [1.807, 2.05) is 6.07 Å². The number of nitrogens with one attached hydrogen (secondary N) is 1. The van der Waals surface area contributed by atoms with E-state index < -0.39 is 17.5 Å². The summed E-state index contributed by atoms with van der Waals surface area (Å²) in [5.41, 5.74) is 1.17. The van der Waals surface area contributed by atoms with Crippen molar-refractivity contribution in [2.24, 2.45) is 0 Å². The molecule has 0 saturated heterocycles. The maximum atomic E-state index is 13.1. The molecule has 2 aromatic heterocycles. The lowest BCUT2D eigenvalue weighted by Gasteiger charge is -2.03. The molecule has 0 bridgehead atoms. The van der Waals surface area contributed by atoms with E-state index in [2.05, 4.69) is 15.3 Å². The molecule has 0 atom stereocenters. The van der Waals surface area contributed by atoms with Gasteiger partial charge in [-0.2, -0.15) is 0 Å². The summed E-state index contributed by atoms with van der Waals surface area (Å²) in [7, 11) is 0. The van der Waals surface area contributed by atoms with Crippen molar-refractivity contribution in [3.05, 3.63) is 65.4 Å². The van der Waals surface area contributed by atoms with Crippen LogP contribution in [0, 0.1) is 11.6 Å². The van der Waals surface area contributed by atoms with Crippen molar-refractivity contribution in [2.75, 3.05) is 5.32 Å². The van der Waals surface area contributed by atoms with Crippen LogP contribution in [0.1, 0.15) is 10.5 Å². The minimum atomic E-state index is -1.02. The quantitative estimate of drug-likeness (QED) is 0.800. The maximum absolute atomic E-state index is 13.1. The van der Waals surface area contributed by atoms with Crippen LogP contribution in [0.25, 0.3) is 10.6 Å². The van der Waals surface area contributed by atoms with Crippen molar-refractivity contribution in [2.45, 2.75) is 0 Å². The Labute approximate surface area is 128 Å². The highest BCUT2D eigenvalue weighted by atomic mass is 32.1. The lowest BCUT2D eigenvalue weighted by Crippen LogP contribution is -2.12. The zero-order chi connectivity index (χ0) is 15.5. The fraction of sp³-hybridized carbons (Fsp3) is 0. The van der Waals surface area contributed by atoms with E-state index in [1.165, 1.54) is 17.4 Å². The molecule has 110 valence electrons. The largest absolute Gasteiger partial charge is 0.321 e. The third-order valence-electron chi connectivity index (χ3n) is 2.82. The predicted molar refractivity (Wildman–Crippen MR) is 79.7 cm³/mol. The van der Waals surface area contributed by atoms with Gasteiger partial charge < -0.3 is 5.32 Å². The number of rotatable bonds is 3. The fourth-order valence-electron chi connectivity index (χ4n) is 1.77. The minimum Gasteiger partial charge on any atom is -0.321 e. The third kappa shape index (κ3) is 2.99. The van der Waals surface area contributed by atoms with Gasteiger partial charge in [0.05, 0.1) is 0 Å². The molecule has 0 fully saturated rings. The molecule has 0 unspecified atom stereocenters. The molecule has 1 N–H and O–H groups in total. The maximum Gasteiger partial charge on any atom is 0.275 e. The molecule has 22 heavy (non-hydrogen) atoms.